The Balaban J connectivity index is 1.51. The number of benzene rings is 1. The number of methoxy groups -OCH3 is 1. The van der Waals surface area contributed by atoms with Crippen molar-refractivity contribution in [3.05, 3.63) is 66.6 Å². The smallest absolute Gasteiger partial charge is 0.255 e. The number of amides is 2. The van der Waals surface area contributed by atoms with Gasteiger partial charge in [-0.15, -0.1) is 0 Å². The molecule has 2 N–H and O–H groups in total. The summed E-state index contributed by atoms with van der Waals surface area (Å²) in [6, 6.07) is 12.6. The number of anilines is 2. The van der Waals surface area contributed by atoms with Crippen molar-refractivity contribution >= 4 is 23.3 Å². The van der Waals surface area contributed by atoms with Crippen molar-refractivity contribution < 1.29 is 14.3 Å². The van der Waals surface area contributed by atoms with E-state index < -0.39 is 0 Å². The van der Waals surface area contributed by atoms with E-state index in [1.807, 2.05) is 30.3 Å². The number of ether oxygens (including phenoxy) is 1. The van der Waals surface area contributed by atoms with Crippen LogP contribution in [0.4, 0.5) is 11.5 Å². The molecule has 0 unspecified atom stereocenters. The minimum absolute atomic E-state index is 0.0521. The summed E-state index contributed by atoms with van der Waals surface area (Å²) in [4.78, 5) is 32.9. The number of carbonyl (C=O) groups is 2. The summed E-state index contributed by atoms with van der Waals surface area (Å²) in [6.45, 7) is 0. The highest BCUT2D eigenvalue weighted by atomic mass is 16.5. The van der Waals surface area contributed by atoms with Crippen molar-refractivity contribution in [3.8, 4) is 16.9 Å². The van der Waals surface area contributed by atoms with Gasteiger partial charge in [-0.25, -0.2) is 4.98 Å². The zero-order chi connectivity index (χ0) is 20.2. The van der Waals surface area contributed by atoms with Gasteiger partial charge in [0.2, 0.25) is 5.91 Å². The first-order valence-corrected chi connectivity index (χ1v) is 9.31. The number of pyridine rings is 2. The highest BCUT2D eigenvalue weighted by molar-refractivity contribution is 6.05. The molecular formula is C22H20N4O3. The zero-order valence-electron chi connectivity index (χ0n) is 15.9. The molecule has 4 rings (SSSR count). The summed E-state index contributed by atoms with van der Waals surface area (Å²) in [5.74, 6) is 0.800. The van der Waals surface area contributed by atoms with Crippen LogP contribution < -0.4 is 15.4 Å². The Morgan fingerprint density at radius 3 is 2.69 bits per heavy atom. The lowest BCUT2D eigenvalue weighted by atomic mass is 10.1. The van der Waals surface area contributed by atoms with E-state index in [9.17, 15) is 9.59 Å². The Hall–Kier alpha value is -3.74. The number of nitrogens with one attached hydrogen (secondary N) is 2. The van der Waals surface area contributed by atoms with Gasteiger partial charge in [0.25, 0.3) is 5.91 Å². The van der Waals surface area contributed by atoms with Gasteiger partial charge in [0.1, 0.15) is 11.6 Å². The lowest BCUT2D eigenvalue weighted by molar-refractivity contribution is -0.117. The highest BCUT2D eigenvalue weighted by Crippen LogP contribution is 2.31. The van der Waals surface area contributed by atoms with Crippen LogP contribution in [0, 0.1) is 5.92 Å². The molecule has 0 atom stereocenters. The van der Waals surface area contributed by atoms with Crippen LogP contribution in [0.3, 0.4) is 0 Å². The Bertz CT molecular complexity index is 1060. The fourth-order valence-corrected chi connectivity index (χ4v) is 2.96. The SMILES string of the molecule is COc1ccccc1-c1cncc(NC(=O)c2ccnc(NC(=O)C3CC3)c2)c1. The van der Waals surface area contributed by atoms with Gasteiger partial charge in [0, 0.05) is 35.0 Å². The first kappa shape index (κ1) is 18.6. The molecule has 1 saturated carbocycles. The van der Waals surface area contributed by atoms with Crippen LogP contribution in [-0.4, -0.2) is 28.9 Å². The number of hydrogen-bond acceptors (Lipinski definition) is 5. The summed E-state index contributed by atoms with van der Waals surface area (Å²) in [5.41, 5.74) is 2.66. The van der Waals surface area contributed by atoms with Crippen LogP contribution in [0.2, 0.25) is 0 Å². The minimum atomic E-state index is -0.312. The van der Waals surface area contributed by atoms with Crippen LogP contribution in [0.25, 0.3) is 11.1 Å². The topological polar surface area (TPSA) is 93.2 Å². The first-order valence-electron chi connectivity index (χ1n) is 9.31. The third-order valence-electron chi connectivity index (χ3n) is 4.64. The van der Waals surface area contributed by atoms with Crippen molar-refractivity contribution in [1.29, 1.82) is 0 Å². The number of rotatable bonds is 6. The van der Waals surface area contributed by atoms with Crippen molar-refractivity contribution in [2.24, 2.45) is 5.92 Å². The monoisotopic (exact) mass is 388 g/mol. The molecule has 29 heavy (non-hydrogen) atoms. The number of hydrogen-bond donors (Lipinski definition) is 2. The quantitative estimate of drug-likeness (QED) is 0.671. The molecule has 2 aromatic heterocycles. The van der Waals surface area contributed by atoms with E-state index >= 15 is 0 Å². The van der Waals surface area contributed by atoms with E-state index in [0.29, 0.717) is 17.1 Å². The standard InChI is InChI=1S/C22H20N4O3/c1-29-19-5-3-2-4-18(19)16-10-17(13-23-12-16)25-22(28)15-8-9-24-20(11-15)26-21(27)14-6-7-14/h2-5,8-14H,6-7H2,1H3,(H,25,28)(H,24,26,27). The van der Waals surface area contributed by atoms with Crippen molar-refractivity contribution in [3.63, 3.8) is 0 Å². The lowest BCUT2D eigenvalue weighted by Gasteiger charge is -2.10. The van der Waals surface area contributed by atoms with Gasteiger partial charge in [-0.1, -0.05) is 18.2 Å². The number of carbonyl (C=O) groups excluding carboxylic acids is 2. The van der Waals surface area contributed by atoms with E-state index in [1.54, 1.807) is 31.6 Å². The largest absolute Gasteiger partial charge is 0.496 e. The van der Waals surface area contributed by atoms with Gasteiger partial charge in [0.05, 0.1) is 19.0 Å². The summed E-state index contributed by atoms with van der Waals surface area (Å²) in [5, 5.41) is 5.59. The Kier molecular flexibility index (Phi) is 5.20. The second kappa shape index (κ2) is 8.10. The van der Waals surface area contributed by atoms with Crippen molar-refractivity contribution in [2.75, 3.05) is 17.7 Å². The van der Waals surface area contributed by atoms with Gasteiger partial charge in [-0.2, -0.15) is 0 Å². The summed E-state index contributed by atoms with van der Waals surface area (Å²) < 4.78 is 5.40. The van der Waals surface area contributed by atoms with Crippen LogP contribution in [-0.2, 0) is 4.79 Å². The summed E-state index contributed by atoms with van der Waals surface area (Å²) in [6.07, 6.45) is 6.60. The second-order valence-electron chi connectivity index (χ2n) is 6.81. The molecule has 0 saturated heterocycles. The van der Waals surface area contributed by atoms with Crippen LogP contribution in [0.15, 0.2) is 61.1 Å². The van der Waals surface area contributed by atoms with E-state index in [1.165, 1.54) is 6.20 Å². The molecule has 2 heterocycles. The number of aromatic nitrogens is 2. The third-order valence-corrected chi connectivity index (χ3v) is 4.64. The molecule has 7 heteroatoms. The molecule has 0 bridgehead atoms. The molecule has 1 aromatic carbocycles. The third kappa shape index (κ3) is 4.40. The lowest BCUT2D eigenvalue weighted by Crippen LogP contribution is -2.16. The molecular weight excluding hydrogens is 368 g/mol. The first-order chi connectivity index (χ1) is 14.1. The van der Waals surface area contributed by atoms with Crippen molar-refractivity contribution in [2.45, 2.75) is 12.8 Å². The van der Waals surface area contributed by atoms with Crippen molar-refractivity contribution in [1.82, 2.24) is 9.97 Å². The summed E-state index contributed by atoms with van der Waals surface area (Å²) >= 11 is 0. The van der Waals surface area contributed by atoms with E-state index in [0.717, 1.165) is 29.7 Å². The molecule has 1 aliphatic rings. The predicted molar refractivity (Wildman–Crippen MR) is 110 cm³/mol. The number of nitrogens with zero attached hydrogens (tertiary/aromatic N) is 2. The van der Waals surface area contributed by atoms with Gasteiger partial charge < -0.3 is 15.4 Å². The van der Waals surface area contributed by atoms with E-state index in [2.05, 4.69) is 20.6 Å². The molecule has 0 spiro atoms. The average Bonchev–Trinajstić information content (AvgIpc) is 3.60. The Morgan fingerprint density at radius 2 is 1.90 bits per heavy atom. The average molecular weight is 388 g/mol. The normalized spacial score (nSPS) is 12.9. The van der Waals surface area contributed by atoms with Crippen LogP contribution in [0.1, 0.15) is 23.2 Å². The van der Waals surface area contributed by atoms with Crippen LogP contribution in [0.5, 0.6) is 5.75 Å². The summed E-state index contributed by atoms with van der Waals surface area (Å²) in [7, 11) is 1.61. The molecule has 0 radical (unpaired) electrons. The molecule has 3 aromatic rings. The fourth-order valence-electron chi connectivity index (χ4n) is 2.96. The zero-order valence-corrected chi connectivity index (χ0v) is 15.9. The maximum Gasteiger partial charge on any atom is 0.255 e. The fraction of sp³-hybridized carbons (Fsp3) is 0.182. The Morgan fingerprint density at radius 1 is 1.07 bits per heavy atom. The second-order valence-corrected chi connectivity index (χ2v) is 6.81. The van der Waals surface area contributed by atoms with Crippen LogP contribution >= 0.6 is 0 Å². The van der Waals surface area contributed by atoms with Gasteiger partial charge in [-0.3, -0.25) is 14.6 Å². The minimum Gasteiger partial charge on any atom is -0.496 e. The van der Waals surface area contributed by atoms with Gasteiger partial charge >= 0.3 is 0 Å². The van der Waals surface area contributed by atoms with Gasteiger partial charge in [-0.05, 0) is 37.1 Å². The van der Waals surface area contributed by atoms with E-state index in [-0.39, 0.29) is 17.7 Å². The molecule has 2 amide bonds. The molecule has 1 fully saturated rings. The van der Waals surface area contributed by atoms with E-state index in [4.69, 9.17) is 4.74 Å². The maximum absolute atomic E-state index is 12.7. The molecule has 146 valence electrons. The Labute approximate surface area is 168 Å². The number of para-hydroxylation sites is 1. The molecule has 0 aliphatic heterocycles. The predicted octanol–water partition coefficient (Wildman–Crippen LogP) is 3.75. The molecule has 1 aliphatic carbocycles. The van der Waals surface area contributed by atoms with Gasteiger partial charge in [0.15, 0.2) is 0 Å². The maximum atomic E-state index is 12.7. The highest BCUT2D eigenvalue weighted by Gasteiger charge is 2.29. The molecule has 7 nitrogen and oxygen atoms in total.